The summed E-state index contributed by atoms with van der Waals surface area (Å²) in [6.45, 7) is 6.13. The highest BCUT2D eigenvalue weighted by atomic mass is 16.5. The Bertz CT molecular complexity index is 628. The molecule has 4 nitrogen and oxygen atoms in total. The van der Waals surface area contributed by atoms with Gasteiger partial charge in [-0.2, -0.15) is 0 Å². The molecule has 0 fully saturated rings. The molecule has 0 spiro atoms. The fourth-order valence-electron chi connectivity index (χ4n) is 2.52. The van der Waals surface area contributed by atoms with Crippen molar-refractivity contribution >= 4 is 16.9 Å². The molecule has 0 saturated carbocycles. The van der Waals surface area contributed by atoms with Gasteiger partial charge in [0.25, 0.3) is 0 Å². The first-order valence-corrected chi connectivity index (χ1v) is 7.39. The lowest BCUT2D eigenvalue weighted by Crippen LogP contribution is -2.36. The van der Waals surface area contributed by atoms with Crippen LogP contribution in [0.1, 0.15) is 32.8 Å². The first-order valence-electron chi connectivity index (χ1n) is 7.39. The summed E-state index contributed by atoms with van der Waals surface area (Å²) in [6.07, 6.45) is 3.55. The largest absolute Gasteiger partial charge is 0.464 e. The number of hydrogen-bond donors (Lipinski definition) is 1. The fourth-order valence-corrected chi connectivity index (χ4v) is 2.52. The molecule has 1 heterocycles. The molecule has 4 heteroatoms. The van der Waals surface area contributed by atoms with Crippen molar-refractivity contribution in [3.8, 4) is 0 Å². The van der Waals surface area contributed by atoms with Crippen molar-refractivity contribution in [3.05, 3.63) is 36.0 Å². The van der Waals surface area contributed by atoms with Gasteiger partial charge in [0.1, 0.15) is 5.54 Å². The summed E-state index contributed by atoms with van der Waals surface area (Å²) >= 11 is 0. The van der Waals surface area contributed by atoms with Crippen LogP contribution in [0, 0.1) is 0 Å². The lowest BCUT2D eigenvalue weighted by molar-refractivity contribution is -0.151. The normalized spacial score (nSPS) is 11.8. The number of hydrogen-bond acceptors (Lipinski definition) is 3. The Morgan fingerprint density at radius 3 is 2.76 bits per heavy atom. The molecule has 2 rings (SSSR count). The Morgan fingerprint density at radius 2 is 2.10 bits per heavy atom. The summed E-state index contributed by atoms with van der Waals surface area (Å²) in [6, 6.07) is 8.21. The number of fused-ring (bicyclic) bond motifs is 1. The standard InChI is InChI=1S/C17H23NO3/c1-4-21-16(20)17(2,3)18-10-9-14-12-13(6-5-11-19)7-8-15(14)18/h7-10,12,19H,4-6,11H2,1-3H3. The van der Waals surface area contributed by atoms with Crippen molar-refractivity contribution in [2.75, 3.05) is 13.2 Å². The van der Waals surface area contributed by atoms with Crippen LogP contribution in [0.4, 0.5) is 0 Å². The zero-order valence-corrected chi connectivity index (χ0v) is 12.9. The Morgan fingerprint density at radius 1 is 1.33 bits per heavy atom. The highest BCUT2D eigenvalue weighted by Gasteiger charge is 2.31. The summed E-state index contributed by atoms with van der Waals surface area (Å²) in [7, 11) is 0. The molecule has 1 aromatic heterocycles. The molecule has 0 aliphatic carbocycles. The molecule has 0 atom stereocenters. The zero-order chi connectivity index (χ0) is 15.5. The first-order chi connectivity index (χ1) is 10.0. The van der Waals surface area contributed by atoms with Gasteiger partial charge in [-0.25, -0.2) is 4.79 Å². The van der Waals surface area contributed by atoms with Gasteiger partial charge in [-0.1, -0.05) is 6.07 Å². The number of ether oxygens (including phenoxy) is 1. The second kappa shape index (κ2) is 6.31. The maximum absolute atomic E-state index is 12.1. The van der Waals surface area contributed by atoms with Crippen LogP contribution in [0.2, 0.25) is 0 Å². The van der Waals surface area contributed by atoms with E-state index >= 15 is 0 Å². The van der Waals surface area contributed by atoms with Gasteiger partial charge in [-0.05, 0) is 62.8 Å². The van der Waals surface area contributed by atoms with Crippen LogP contribution in [0.3, 0.4) is 0 Å². The van der Waals surface area contributed by atoms with Gasteiger partial charge in [-0.3, -0.25) is 0 Å². The summed E-state index contributed by atoms with van der Waals surface area (Å²) in [5, 5.41) is 10.0. The van der Waals surface area contributed by atoms with E-state index in [1.165, 1.54) is 5.56 Å². The van der Waals surface area contributed by atoms with Crippen LogP contribution in [0.25, 0.3) is 10.9 Å². The minimum absolute atomic E-state index is 0.203. The predicted molar refractivity (Wildman–Crippen MR) is 83.3 cm³/mol. The molecular formula is C17H23NO3. The van der Waals surface area contributed by atoms with E-state index in [0.717, 1.165) is 23.7 Å². The number of rotatable bonds is 6. The van der Waals surface area contributed by atoms with E-state index in [9.17, 15) is 4.79 Å². The number of aryl methyl sites for hydroxylation is 1. The minimum Gasteiger partial charge on any atom is -0.464 e. The second-order valence-corrected chi connectivity index (χ2v) is 5.69. The van der Waals surface area contributed by atoms with Crippen molar-refractivity contribution in [1.82, 2.24) is 4.57 Å². The number of aliphatic hydroxyl groups is 1. The summed E-state index contributed by atoms with van der Waals surface area (Å²) < 4.78 is 7.12. The van der Waals surface area contributed by atoms with E-state index < -0.39 is 5.54 Å². The number of carbonyl (C=O) groups is 1. The summed E-state index contributed by atoms with van der Waals surface area (Å²) in [4.78, 5) is 12.1. The van der Waals surface area contributed by atoms with Crippen molar-refractivity contribution in [3.63, 3.8) is 0 Å². The van der Waals surface area contributed by atoms with Crippen molar-refractivity contribution in [2.24, 2.45) is 0 Å². The topological polar surface area (TPSA) is 51.5 Å². The zero-order valence-electron chi connectivity index (χ0n) is 12.9. The van der Waals surface area contributed by atoms with Gasteiger partial charge in [0.05, 0.1) is 6.61 Å². The maximum Gasteiger partial charge on any atom is 0.331 e. The lowest BCUT2D eigenvalue weighted by Gasteiger charge is -2.25. The van der Waals surface area contributed by atoms with Crippen LogP contribution in [0.15, 0.2) is 30.5 Å². The number of nitrogens with zero attached hydrogens (tertiary/aromatic N) is 1. The molecule has 1 aromatic carbocycles. The Hall–Kier alpha value is -1.81. The number of esters is 1. The Kier molecular flexibility index (Phi) is 4.68. The molecule has 0 amide bonds. The third-order valence-electron chi connectivity index (χ3n) is 3.76. The smallest absolute Gasteiger partial charge is 0.331 e. The molecule has 0 unspecified atom stereocenters. The van der Waals surface area contributed by atoms with E-state index in [1.807, 2.05) is 43.7 Å². The van der Waals surface area contributed by atoms with E-state index in [-0.39, 0.29) is 12.6 Å². The molecule has 0 radical (unpaired) electrons. The molecule has 1 N–H and O–H groups in total. The molecule has 2 aromatic rings. The SMILES string of the molecule is CCOC(=O)C(C)(C)n1ccc2cc(CCCO)ccc21. The van der Waals surface area contributed by atoms with Crippen LogP contribution >= 0.6 is 0 Å². The minimum atomic E-state index is -0.732. The molecule has 0 aliphatic rings. The lowest BCUT2D eigenvalue weighted by atomic mass is 10.0. The van der Waals surface area contributed by atoms with Gasteiger partial charge >= 0.3 is 5.97 Å². The van der Waals surface area contributed by atoms with Gasteiger partial charge in [0, 0.05) is 18.3 Å². The highest BCUT2D eigenvalue weighted by Crippen LogP contribution is 2.26. The number of benzene rings is 1. The van der Waals surface area contributed by atoms with E-state index in [2.05, 4.69) is 12.1 Å². The van der Waals surface area contributed by atoms with Crippen molar-refractivity contribution in [2.45, 2.75) is 39.2 Å². The van der Waals surface area contributed by atoms with Gasteiger partial charge < -0.3 is 14.4 Å². The highest BCUT2D eigenvalue weighted by molar-refractivity contribution is 5.85. The number of aromatic nitrogens is 1. The van der Waals surface area contributed by atoms with Crippen molar-refractivity contribution in [1.29, 1.82) is 0 Å². The number of carbonyl (C=O) groups excluding carboxylic acids is 1. The molecular weight excluding hydrogens is 266 g/mol. The van der Waals surface area contributed by atoms with E-state index in [4.69, 9.17) is 9.84 Å². The van der Waals surface area contributed by atoms with E-state index in [0.29, 0.717) is 6.61 Å². The predicted octanol–water partition coefficient (Wildman–Crippen LogP) is 2.86. The van der Waals surface area contributed by atoms with Gasteiger partial charge in [0.2, 0.25) is 0 Å². The molecule has 21 heavy (non-hydrogen) atoms. The van der Waals surface area contributed by atoms with Gasteiger partial charge in [0.15, 0.2) is 0 Å². The second-order valence-electron chi connectivity index (χ2n) is 5.69. The molecule has 114 valence electrons. The average molecular weight is 289 g/mol. The van der Waals surface area contributed by atoms with Crippen LogP contribution < -0.4 is 0 Å². The maximum atomic E-state index is 12.1. The Balaban J connectivity index is 2.36. The summed E-state index contributed by atoms with van der Waals surface area (Å²) in [5.41, 5.74) is 1.48. The quantitative estimate of drug-likeness (QED) is 0.832. The molecule has 0 aliphatic heterocycles. The van der Waals surface area contributed by atoms with E-state index in [1.54, 1.807) is 0 Å². The fraction of sp³-hybridized carbons (Fsp3) is 0.471. The first kappa shape index (κ1) is 15.6. The molecule has 0 saturated heterocycles. The monoisotopic (exact) mass is 289 g/mol. The third-order valence-corrected chi connectivity index (χ3v) is 3.76. The van der Waals surface area contributed by atoms with Crippen LogP contribution in [-0.2, 0) is 21.5 Å². The van der Waals surface area contributed by atoms with Crippen LogP contribution in [-0.4, -0.2) is 28.9 Å². The number of aliphatic hydroxyl groups excluding tert-OH is 1. The van der Waals surface area contributed by atoms with Gasteiger partial charge in [-0.15, -0.1) is 0 Å². The molecule has 0 bridgehead atoms. The summed E-state index contributed by atoms with van der Waals surface area (Å²) in [5.74, 6) is -0.230. The van der Waals surface area contributed by atoms with Crippen molar-refractivity contribution < 1.29 is 14.6 Å². The average Bonchev–Trinajstić information content (AvgIpc) is 2.89. The van der Waals surface area contributed by atoms with Crippen LogP contribution in [0.5, 0.6) is 0 Å². The Labute approximate surface area is 125 Å². The third kappa shape index (κ3) is 3.10.